The minimum atomic E-state index is -0.497. The van der Waals surface area contributed by atoms with Gasteiger partial charge in [0.15, 0.2) is 0 Å². The molecule has 0 saturated carbocycles. The monoisotopic (exact) mass is 266 g/mol. The van der Waals surface area contributed by atoms with Crippen molar-refractivity contribution < 1.29 is 13.2 Å². The van der Waals surface area contributed by atoms with Crippen molar-refractivity contribution in [1.29, 1.82) is 0 Å². The van der Waals surface area contributed by atoms with E-state index in [-0.39, 0.29) is 18.0 Å². The molecule has 0 bridgehead atoms. The molecule has 2 aromatic rings. The van der Waals surface area contributed by atoms with Gasteiger partial charge < -0.3 is 5.32 Å². The summed E-state index contributed by atoms with van der Waals surface area (Å²) in [7, 11) is 1.67. The van der Waals surface area contributed by atoms with Crippen LogP contribution in [0, 0.1) is 17.5 Å². The highest BCUT2D eigenvalue weighted by molar-refractivity contribution is 5.23. The summed E-state index contributed by atoms with van der Waals surface area (Å²) in [5, 5.41) is 2.94. The number of likely N-dealkylation sites (N-methyl/N-ethyl adjacent to an activating group) is 1. The number of nitrogens with one attached hydrogen (secondary N) is 1. The minimum Gasteiger partial charge on any atom is -0.313 e. The van der Waals surface area contributed by atoms with E-state index in [4.69, 9.17) is 0 Å². The van der Waals surface area contributed by atoms with Crippen LogP contribution in [0.5, 0.6) is 0 Å². The molecule has 1 N–H and O–H groups in total. The molecule has 1 aromatic heterocycles. The van der Waals surface area contributed by atoms with Crippen molar-refractivity contribution in [1.82, 2.24) is 10.3 Å². The Bertz CT molecular complexity index is 572. The number of nitrogens with zero attached hydrogens (tertiary/aromatic N) is 1. The highest BCUT2D eigenvalue weighted by Crippen LogP contribution is 2.20. The van der Waals surface area contributed by atoms with Gasteiger partial charge in [-0.05, 0) is 48.9 Å². The number of rotatable bonds is 4. The molecule has 1 heterocycles. The fourth-order valence-electron chi connectivity index (χ4n) is 1.93. The average Bonchev–Trinajstić information content (AvgIpc) is 2.39. The third-order valence-corrected chi connectivity index (χ3v) is 2.91. The van der Waals surface area contributed by atoms with E-state index in [2.05, 4.69) is 10.3 Å². The van der Waals surface area contributed by atoms with Crippen LogP contribution in [0.15, 0.2) is 36.7 Å². The topological polar surface area (TPSA) is 24.9 Å². The van der Waals surface area contributed by atoms with E-state index >= 15 is 0 Å². The zero-order valence-electron chi connectivity index (χ0n) is 10.3. The Morgan fingerprint density at radius 2 is 1.89 bits per heavy atom. The second-order valence-corrected chi connectivity index (χ2v) is 4.22. The van der Waals surface area contributed by atoms with Gasteiger partial charge >= 0.3 is 0 Å². The fourth-order valence-corrected chi connectivity index (χ4v) is 1.93. The van der Waals surface area contributed by atoms with Crippen LogP contribution >= 0.6 is 0 Å². The molecule has 0 aliphatic rings. The molecule has 0 amide bonds. The Kier molecular flexibility index (Phi) is 4.16. The van der Waals surface area contributed by atoms with E-state index < -0.39 is 17.5 Å². The highest BCUT2D eigenvalue weighted by atomic mass is 19.1. The van der Waals surface area contributed by atoms with Gasteiger partial charge in [0, 0.05) is 12.2 Å². The van der Waals surface area contributed by atoms with E-state index in [1.807, 2.05) is 0 Å². The molecule has 0 saturated heterocycles. The first-order chi connectivity index (χ1) is 9.10. The third-order valence-electron chi connectivity index (χ3n) is 2.91. The molecule has 1 unspecified atom stereocenters. The molecule has 0 radical (unpaired) electrons. The quantitative estimate of drug-likeness (QED) is 0.920. The molecular weight excluding hydrogens is 253 g/mol. The van der Waals surface area contributed by atoms with Gasteiger partial charge in [-0.25, -0.2) is 13.2 Å². The molecule has 19 heavy (non-hydrogen) atoms. The molecule has 1 aromatic carbocycles. The third kappa shape index (κ3) is 3.32. The molecule has 0 aliphatic heterocycles. The van der Waals surface area contributed by atoms with E-state index in [1.54, 1.807) is 7.05 Å². The van der Waals surface area contributed by atoms with Gasteiger partial charge in [0.25, 0.3) is 0 Å². The lowest BCUT2D eigenvalue weighted by Gasteiger charge is -2.16. The van der Waals surface area contributed by atoms with Gasteiger partial charge in [0.2, 0.25) is 0 Å². The van der Waals surface area contributed by atoms with Gasteiger partial charge in [-0.2, -0.15) is 0 Å². The smallest absolute Gasteiger partial charge is 0.141 e. The van der Waals surface area contributed by atoms with Crippen LogP contribution < -0.4 is 5.32 Å². The molecule has 0 aliphatic carbocycles. The van der Waals surface area contributed by atoms with E-state index in [0.717, 1.165) is 24.4 Å². The summed E-state index contributed by atoms with van der Waals surface area (Å²) in [5.74, 6) is -1.44. The lowest BCUT2D eigenvalue weighted by molar-refractivity contribution is 0.538. The van der Waals surface area contributed by atoms with E-state index in [0.29, 0.717) is 5.56 Å². The zero-order valence-corrected chi connectivity index (χ0v) is 10.3. The van der Waals surface area contributed by atoms with Crippen LogP contribution in [0.4, 0.5) is 13.2 Å². The lowest BCUT2D eigenvalue weighted by Crippen LogP contribution is -2.19. The number of hydrogen-bond donors (Lipinski definition) is 1. The molecule has 5 heteroatoms. The van der Waals surface area contributed by atoms with Crippen molar-refractivity contribution in [3.8, 4) is 0 Å². The van der Waals surface area contributed by atoms with Gasteiger partial charge in [0.1, 0.15) is 17.5 Å². The molecule has 1 atom stereocenters. The van der Waals surface area contributed by atoms with E-state index in [1.165, 1.54) is 12.3 Å². The Labute approximate surface area is 109 Å². The van der Waals surface area contributed by atoms with Gasteiger partial charge in [0.05, 0.1) is 6.20 Å². The number of hydrogen-bond acceptors (Lipinski definition) is 2. The Morgan fingerprint density at radius 3 is 2.58 bits per heavy atom. The number of aromatic nitrogens is 1. The summed E-state index contributed by atoms with van der Waals surface area (Å²) in [5.41, 5.74) is 0.828. The first-order valence-corrected chi connectivity index (χ1v) is 5.82. The van der Waals surface area contributed by atoms with Gasteiger partial charge in [-0.15, -0.1) is 0 Å². The van der Waals surface area contributed by atoms with Crippen LogP contribution in [-0.4, -0.2) is 12.0 Å². The van der Waals surface area contributed by atoms with Crippen LogP contribution in [-0.2, 0) is 6.42 Å². The zero-order chi connectivity index (χ0) is 13.8. The second-order valence-electron chi connectivity index (χ2n) is 4.22. The largest absolute Gasteiger partial charge is 0.313 e. The maximum Gasteiger partial charge on any atom is 0.141 e. The predicted octanol–water partition coefficient (Wildman–Crippen LogP) is 3.00. The standard InChI is InChI=1S/C14H13F3N2/c1-18-14(10-5-12(16)8-19-7-10)6-9-4-11(15)2-3-13(9)17/h2-5,7-8,14,18H,6H2,1H3. The van der Waals surface area contributed by atoms with Crippen molar-refractivity contribution in [3.05, 3.63) is 65.2 Å². The summed E-state index contributed by atoms with van der Waals surface area (Å²) in [6.07, 6.45) is 2.81. The van der Waals surface area contributed by atoms with Crippen molar-refractivity contribution >= 4 is 0 Å². The average molecular weight is 266 g/mol. The summed E-state index contributed by atoms with van der Waals surface area (Å²) in [4.78, 5) is 3.75. The summed E-state index contributed by atoms with van der Waals surface area (Å²) in [6, 6.07) is 4.29. The Morgan fingerprint density at radius 1 is 1.11 bits per heavy atom. The fraction of sp³-hybridized carbons (Fsp3) is 0.214. The molecule has 0 spiro atoms. The molecule has 2 rings (SSSR count). The second kappa shape index (κ2) is 5.84. The van der Waals surface area contributed by atoms with Crippen molar-refractivity contribution in [2.24, 2.45) is 0 Å². The first-order valence-electron chi connectivity index (χ1n) is 5.82. The summed E-state index contributed by atoms with van der Waals surface area (Å²) in [6.45, 7) is 0. The number of benzene rings is 1. The van der Waals surface area contributed by atoms with Crippen LogP contribution in [0.25, 0.3) is 0 Å². The maximum atomic E-state index is 13.6. The normalized spacial score (nSPS) is 12.4. The molecule has 0 fully saturated rings. The predicted molar refractivity (Wildman–Crippen MR) is 66.1 cm³/mol. The molecule has 2 nitrogen and oxygen atoms in total. The number of pyridine rings is 1. The van der Waals surface area contributed by atoms with Crippen LogP contribution in [0.1, 0.15) is 17.2 Å². The molecule has 100 valence electrons. The van der Waals surface area contributed by atoms with Crippen molar-refractivity contribution in [2.45, 2.75) is 12.5 Å². The summed E-state index contributed by atoms with van der Waals surface area (Å²) < 4.78 is 39.8. The molecular formula is C14H13F3N2. The Balaban J connectivity index is 2.26. The lowest BCUT2D eigenvalue weighted by atomic mass is 10.00. The van der Waals surface area contributed by atoms with Gasteiger partial charge in [-0.1, -0.05) is 0 Å². The van der Waals surface area contributed by atoms with Crippen LogP contribution in [0.3, 0.4) is 0 Å². The van der Waals surface area contributed by atoms with Crippen LogP contribution in [0.2, 0.25) is 0 Å². The highest BCUT2D eigenvalue weighted by Gasteiger charge is 2.14. The summed E-state index contributed by atoms with van der Waals surface area (Å²) >= 11 is 0. The minimum absolute atomic E-state index is 0.214. The number of halogens is 3. The van der Waals surface area contributed by atoms with E-state index in [9.17, 15) is 13.2 Å². The van der Waals surface area contributed by atoms with Crippen molar-refractivity contribution in [3.63, 3.8) is 0 Å². The SMILES string of the molecule is CNC(Cc1cc(F)ccc1F)c1cncc(F)c1. The Hall–Kier alpha value is -1.88. The van der Waals surface area contributed by atoms with Gasteiger partial charge in [-0.3, -0.25) is 4.98 Å². The maximum absolute atomic E-state index is 13.6. The van der Waals surface area contributed by atoms with Crippen molar-refractivity contribution in [2.75, 3.05) is 7.05 Å². The first kappa shape index (κ1) is 13.5.